The van der Waals surface area contributed by atoms with E-state index in [4.69, 9.17) is 27.6 Å². The maximum absolute atomic E-state index is 9.44. The van der Waals surface area contributed by atoms with Crippen LogP contribution in [0.1, 0.15) is 0 Å². The molecule has 0 saturated heterocycles. The van der Waals surface area contributed by atoms with Crippen molar-refractivity contribution in [3.05, 3.63) is 59.0 Å². The molecule has 0 amide bonds. The Morgan fingerprint density at radius 3 is 1.48 bits per heavy atom. The molecule has 0 aliphatic heterocycles. The normalized spacial score (nSPS) is 10.8. The summed E-state index contributed by atoms with van der Waals surface area (Å²) >= 11 is 12.3. The Kier molecular flexibility index (Phi) is 3.53. The van der Waals surface area contributed by atoms with Gasteiger partial charge >= 0.3 is 0 Å². The van der Waals surface area contributed by atoms with Gasteiger partial charge < -0.3 is 14.6 Å². The first-order valence-electron chi connectivity index (χ1n) is 6.10. The molecule has 3 nitrogen and oxygen atoms in total. The lowest BCUT2D eigenvalue weighted by Gasteiger charge is -2.08. The fraction of sp³-hybridized carbons (Fsp3) is 0. The van der Waals surface area contributed by atoms with Crippen LogP contribution in [0.5, 0.6) is 11.5 Å². The lowest BCUT2D eigenvalue weighted by Crippen LogP contribution is -1.83. The SMILES string of the molecule is Oc1ccc(-c2cocc2-c2ccc(O)cc2Cl)c(Cl)c1. The van der Waals surface area contributed by atoms with E-state index in [2.05, 4.69) is 0 Å². The molecule has 0 radical (unpaired) electrons. The average Bonchev–Trinajstić information content (AvgIpc) is 2.87. The van der Waals surface area contributed by atoms with Crippen LogP contribution in [0.25, 0.3) is 22.3 Å². The number of aromatic hydroxyl groups is 2. The van der Waals surface area contributed by atoms with E-state index in [1.165, 1.54) is 12.1 Å². The van der Waals surface area contributed by atoms with E-state index in [-0.39, 0.29) is 11.5 Å². The molecule has 2 aromatic carbocycles. The van der Waals surface area contributed by atoms with Crippen LogP contribution in [0.3, 0.4) is 0 Å². The Hall–Kier alpha value is -2.10. The summed E-state index contributed by atoms with van der Waals surface area (Å²) in [6.45, 7) is 0. The molecule has 2 N–H and O–H groups in total. The number of hydrogen-bond acceptors (Lipinski definition) is 3. The van der Waals surface area contributed by atoms with Gasteiger partial charge in [-0.25, -0.2) is 0 Å². The summed E-state index contributed by atoms with van der Waals surface area (Å²) in [6, 6.07) is 9.45. The van der Waals surface area contributed by atoms with Crippen LogP contribution in [0.2, 0.25) is 10.0 Å². The number of benzene rings is 2. The highest BCUT2D eigenvalue weighted by Gasteiger charge is 2.15. The predicted octanol–water partition coefficient (Wildman–Crippen LogP) is 5.33. The molecular weight excluding hydrogens is 311 g/mol. The van der Waals surface area contributed by atoms with E-state index in [9.17, 15) is 10.2 Å². The largest absolute Gasteiger partial charge is 0.508 e. The standard InChI is InChI=1S/C16H10Cl2O3/c17-15-5-9(19)1-3-11(15)13-7-21-8-14(13)12-4-2-10(20)6-16(12)18/h1-8,19-20H. The summed E-state index contributed by atoms with van der Waals surface area (Å²) in [4.78, 5) is 0. The van der Waals surface area contributed by atoms with Crippen LogP contribution in [-0.4, -0.2) is 10.2 Å². The number of phenols is 2. The van der Waals surface area contributed by atoms with Crippen LogP contribution in [0, 0.1) is 0 Å². The molecule has 106 valence electrons. The lowest BCUT2D eigenvalue weighted by molar-refractivity contribution is 0.475. The van der Waals surface area contributed by atoms with Crippen LogP contribution < -0.4 is 0 Å². The second kappa shape index (κ2) is 5.35. The fourth-order valence-electron chi connectivity index (χ4n) is 2.16. The number of rotatable bonds is 2. The molecule has 21 heavy (non-hydrogen) atoms. The highest BCUT2D eigenvalue weighted by Crippen LogP contribution is 2.41. The summed E-state index contributed by atoms with van der Waals surface area (Å²) in [6.07, 6.45) is 3.13. The van der Waals surface area contributed by atoms with Gasteiger partial charge in [-0.3, -0.25) is 0 Å². The first-order valence-corrected chi connectivity index (χ1v) is 6.86. The molecule has 1 heterocycles. The average molecular weight is 321 g/mol. The van der Waals surface area contributed by atoms with Crippen molar-refractivity contribution in [2.75, 3.05) is 0 Å². The van der Waals surface area contributed by atoms with E-state index in [0.29, 0.717) is 10.0 Å². The van der Waals surface area contributed by atoms with Crippen LogP contribution in [0.15, 0.2) is 53.3 Å². The van der Waals surface area contributed by atoms with Gasteiger partial charge in [0.15, 0.2) is 0 Å². The highest BCUT2D eigenvalue weighted by atomic mass is 35.5. The van der Waals surface area contributed by atoms with Crippen molar-refractivity contribution in [2.24, 2.45) is 0 Å². The zero-order valence-corrected chi connectivity index (χ0v) is 12.2. The van der Waals surface area contributed by atoms with Crippen LogP contribution >= 0.6 is 23.2 Å². The number of hydrogen-bond donors (Lipinski definition) is 2. The first kappa shape index (κ1) is 13.9. The van der Waals surface area contributed by atoms with Crippen molar-refractivity contribution in [2.45, 2.75) is 0 Å². The summed E-state index contributed by atoms with van der Waals surface area (Å²) in [5, 5.41) is 19.7. The van der Waals surface area contributed by atoms with Crippen LogP contribution in [0.4, 0.5) is 0 Å². The van der Waals surface area contributed by atoms with E-state index in [1.807, 2.05) is 0 Å². The monoisotopic (exact) mass is 320 g/mol. The third-order valence-electron chi connectivity index (χ3n) is 3.15. The Bertz CT molecular complexity index is 743. The van der Waals surface area contributed by atoms with E-state index >= 15 is 0 Å². The minimum Gasteiger partial charge on any atom is -0.508 e. The Balaban J connectivity index is 2.17. The van der Waals surface area contributed by atoms with Crippen LogP contribution in [-0.2, 0) is 0 Å². The minimum absolute atomic E-state index is 0.0939. The fourth-order valence-corrected chi connectivity index (χ4v) is 2.71. The van der Waals surface area contributed by atoms with Gasteiger partial charge in [0, 0.05) is 22.3 Å². The molecule has 1 aromatic heterocycles. The molecule has 0 fully saturated rings. The van der Waals surface area contributed by atoms with Crippen molar-refractivity contribution in [3.63, 3.8) is 0 Å². The first-order chi connectivity index (χ1) is 10.1. The van der Waals surface area contributed by atoms with Crippen molar-refractivity contribution in [1.29, 1.82) is 0 Å². The predicted molar refractivity (Wildman–Crippen MR) is 82.9 cm³/mol. The summed E-state index contributed by atoms with van der Waals surface area (Å²) in [5.74, 6) is 0.188. The molecule has 3 aromatic rings. The second-order valence-corrected chi connectivity index (χ2v) is 5.34. The van der Waals surface area contributed by atoms with Gasteiger partial charge in [0.1, 0.15) is 11.5 Å². The van der Waals surface area contributed by atoms with Crippen molar-refractivity contribution in [3.8, 4) is 33.8 Å². The maximum atomic E-state index is 9.44. The Morgan fingerprint density at radius 2 is 1.10 bits per heavy atom. The molecule has 0 aliphatic rings. The molecule has 0 bridgehead atoms. The molecular formula is C16H10Cl2O3. The number of phenolic OH excluding ortho intramolecular Hbond substituents is 2. The molecule has 3 rings (SSSR count). The van der Waals surface area contributed by atoms with Gasteiger partial charge in [-0.1, -0.05) is 23.2 Å². The van der Waals surface area contributed by atoms with Crippen molar-refractivity contribution < 1.29 is 14.6 Å². The molecule has 5 heteroatoms. The number of halogens is 2. The van der Waals surface area contributed by atoms with Gasteiger partial charge in [0.25, 0.3) is 0 Å². The Morgan fingerprint density at radius 1 is 0.667 bits per heavy atom. The third kappa shape index (κ3) is 2.58. The molecule has 0 spiro atoms. The summed E-state index contributed by atoms with van der Waals surface area (Å²) < 4.78 is 5.28. The number of furan rings is 1. The zero-order valence-electron chi connectivity index (χ0n) is 10.7. The van der Waals surface area contributed by atoms with Gasteiger partial charge in [-0.15, -0.1) is 0 Å². The van der Waals surface area contributed by atoms with Gasteiger partial charge in [-0.2, -0.15) is 0 Å². The minimum atomic E-state index is 0.0939. The molecule has 0 unspecified atom stereocenters. The quantitative estimate of drug-likeness (QED) is 0.670. The molecule has 0 saturated carbocycles. The molecule has 0 atom stereocenters. The molecule has 0 aliphatic carbocycles. The lowest BCUT2D eigenvalue weighted by atomic mass is 9.99. The van der Waals surface area contributed by atoms with E-state index in [0.717, 1.165) is 22.3 Å². The maximum Gasteiger partial charge on any atom is 0.117 e. The smallest absolute Gasteiger partial charge is 0.117 e. The second-order valence-electron chi connectivity index (χ2n) is 4.53. The van der Waals surface area contributed by atoms with Crippen molar-refractivity contribution >= 4 is 23.2 Å². The summed E-state index contributed by atoms with van der Waals surface area (Å²) in [7, 11) is 0. The van der Waals surface area contributed by atoms with E-state index < -0.39 is 0 Å². The topological polar surface area (TPSA) is 53.6 Å². The Labute approximate surface area is 131 Å². The van der Waals surface area contributed by atoms with Gasteiger partial charge in [-0.05, 0) is 36.4 Å². The third-order valence-corrected chi connectivity index (χ3v) is 3.77. The van der Waals surface area contributed by atoms with Gasteiger partial charge in [0.2, 0.25) is 0 Å². The van der Waals surface area contributed by atoms with Crippen molar-refractivity contribution in [1.82, 2.24) is 0 Å². The van der Waals surface area contributed by atoms with E-state index in [1.54, 1.807) is 36.8 Å². The highest BCUT2D eigenvalue weighted by molar-refractivity contribution is 6.34. The van der Waals surface area contributed by atoms with Gasteiger partial charge in [0.05, 0.1) is 22.6 Å². The summed E-state index contributed by atoms with van der Waals surface area (Å²) in [5.41, 5.74) is 2.96. The zero-order chi connectivity index (χ0) is 15.0.